The zero-order valence-corrected chi connectivity index (χ0v) is 14.9. The van der Waals surface area contributed by atoms with Crippen molar-refractivity contribution < 1.29 is 14.9 Å². The van der Waals surface area contributed by atoms with Gasteiger partial charge in [0.15, 0.2) is 11.5 Å². The number of phenols is 2. The van der Waals surface area contributed by atoms with Crippen LogP contribution in [0, 0.1) is 0 Å². The van der Waals surface area contributed by atoms with Gasteiger partial charge in [-0.3, -0.25) is 4.90 Å². The lowest BCUT2D eigenvalue weighted by Crippen LogP contribution is -2.35. The summed E-state index contributed by atoms with van der Waals surface area (Å²) in [6.45, 7) is 3.88. The highest BCUT2D eigenvalue weighted by Gasteiger charge is 2.35. The summed E-state index contributed by atoms with van der Waals surface area (Å²) in [4.78, 5) is 2.39. The molecule has 1 heterocycles. The van der Waals surface area contributed by atoms with Gasteiger partial charge in [-0.25, -0.2) is 0 Å². The second-order valence-corrected chi connectivity index (χ2v) is 7.16. The molecule has 2 aromatic carbocycles. The molecule has 0 amide bonds. The lowest BCUT2D eigenvalue weighted by molar-refractivity contribution is 0.227. The van der Waals surface area contributed by atoms with E-state index in [4.69, 9.17) is 4.74 Å². The minimum atomic E-state index is -0.0626. The first-order chi connectivity index (χ1) is 12.1. The normalized spacial score (nSPS) is 18.6. The summed E-state index contributed by atoms with van der Waals surface area (Å²) in [6, 6.07) is 8.04. The van der Waals surface area contributed by atoms with Gasteiger partial charge >= 0.3 is 0 Å². The van der Waals surface area contributed by atoms with Crippen molar-refractivity contribution in [3.8, 4) is 28.4 Å². The molecule has 0 aromatic heterocycles. The number of unbranched alkanes of at least 4 members (excludes halogenated alkanes) is 1. The Hall–Kier alpha value is -2.20. The number of aromatic hydroxyl groups is 2. The van der Waals surface area contributed by atoms with Crippen LogP contribution < -0.4 is 4.74 Å². The van der Waals surface area contributed by atoms with Crippen molar-refractivity contribution in [2.24, 2.45) is 0 Å². The van der Waals surface area contributed by atoms with Crippen LogP contribution in [0.15, 0.2) is 24.3 Å². The standard InChI is InChI=1S/C21H25NO3/c1-3-4-9-25-15-10-14-7-8-22(2)17-11-13-5-6-18(23)21(24)20(13)16(12-15)19(14)17/h5-6,10,12,17,23-24H,3-4,7-9,11H2,1-2H3/t17-/m1/s1. The zero-order chi connectivity index (χ0) is 17.6. The zero-order valence-electron chi connectivity index (χ0n) is 14.9. The van der Waals surface area contributed by atoms with Gasteiger partial charge in [-0.05, 0) is 66.8 Å². The average molecular weight is 339 g/mol. The van der Waals surface area contributed by atoms with Gasteiger partial charge in [0.2, 0.25) is 0 Å². The van der Waals surface area contributed by atoms with Crippen molar-refractivity contribution in [3.63, 3.8) is 0 Å². The van der Waals surface area contributed by atoms with E-state index in [0.29, 0.717) is 12.6 Å². The smallest absolute Gasteiger partial charge is 0.165 e. The summed E-state index contributed by atoms with van der Waals surface area (Å²) in [7, 11) is 2.16. The first kappa shape index (κ1) is 16.3. The number of ether oxygens (including phenoxy) is 1. The molecule has 1 aliphatic carbocycles. The minimum absolute atomic E-state index is 0.0166. The van der Waals surface area contributed by atoms with Gasteiger partial charge < -0.3 is 14.9 Å². The summed E-state index contributed by atoms with van der Waals surface area (Å²) in [6.07, 6.45) is 3.97. The van der Waals surface area contributed by atoms with Gasteiger partial charge in [-0.1, -0.05) is 19.4 Å². The third kappa shape index (κ3) is 2.65. The first-order valence-corrected chi connectivity index (χ1v) is 9.14. The van der Waals surface area contributed by atoms with Crippen LogP contribution >= 0.6 is 0 Å². The van der Waals surface area contributed by atoms with Crippen LogP contribution in [0.2, 0.25) is 0 Å². The monoisotopic (exact) mass is 339 g/mol. The van der Waals surface area contributed by atoms with Crippen LogP contribution in [0.25, 0.3) is 11.1 Å². The highest BCUT2D eigenvalue weighted by atomic mass is 16.5. The molecule has 4 rings (SSSR count). The van der Waals surface area contributed by atoms with Crippen molar-refractivity contribution >= 4 is 0 Å². The van der Waals surface area contributed by atoms with Crippen molar-refractivity contribution in [3.05, 3.63) is 41.0 Å². The third-order valence-electron chi connectivity index (χ3n) is 5.53. The van der Waals surface area contributed by atoms with Gasteiger partial charge in [-0.15, -0.1) is 0 Å². The second-order valence-electron chi connectivity index (χ2n) is 7.16. The summed E-state index contributed by atoms with van der Waals surface area (Å²) >= 11 is 0. The molecule has 0 saturated heterocycles. The molecule has 4 heteroatoms. The number of hydrogen-bond donors (Lipinski definition) is 2. The summed E-state index contributed by atoms with van der Waals surface area (Å²) in [5, 5.41) is 20.5. The van der Waals surface area contributed by atoms with Crippen molar-refractivity contribution in [2.75, 3.05) is 20.2 Å². The number of likely N-dealkylation sites (N-methyl/N-ethyl adjacent to an activating group) is 1. The van der Waals surface area contributed by atoms with E-state index >= 15 is 0 Å². The van der Waals surface area contributed by atoms with Gasteiger partial charge in [0.1, 0.15) is 5.75 Å². The summed E-state index contributed by atoms with van der Waals surface area (Å²) < 4.78 is 5.97. The number of hydrogen-bond acceptors (Lipinski definition) is 4. The third-order valence-corrected chi connectivity index (χ3v) is 5.53. The Morgan fingerprint density at radius 2 is 2.04 bits per heavy atom. The molecule has 2 aromatic rings. The molecule has 0 fully saturated rings. The number of phenolic OH excluding ortho intramolecular Hbond substituents is 2. The van der Waals surface area contributed by atoms with E-state index in [1.54, 1.807) is 6.07 Å². The molecular formula is C21H25NO3. The van der Waals surface area contributed by atoms with Gasteiger partial charge in [0.05, 0.1) is 6.61 Å². The van der Waals surface area contributed by atoms with Crippen LogP contribution in [0.4, 0.5) is 0 Å². The van der Waals surface area contributed by atoms with E-state index in [0.717, 1.165) is 54.7 Å². The number of benzene rings is 2. The lowest BCUT2D eigenvalue weighted by atomic mass is 9.76. The predicted molar refractivity (Wildman–Crippen MR) is 98.4 cm³/mol. The van der Waals surface area contributed by atoms with Crippen molar-refractivity contribution in [1.29, 1.82) is 0 Å². The Kier molecular flexibility index (Phi) is 4.08. The SMILES string of the molecule is CCCCOc1cc2c3c(c1)-c1c(ccc(O)c1O)C[C@H]3N(C)CC2. The fraction of sp³-hybridized carbons (Fsp3) is 0.429. The van der Waals surface area contributed by atoms with E-state index in [1.165, 1.54) is 11.1 Å². The Bertz CT molecular complexity index is 815. The molecule has 4 nitrogen and oxygen atoms in total. The Morgan fingerprint density at radius 3 is 2.84 bits per heavy atom. The van der Waals surface area contributed by atoms with E-state index in [-0.39, 0.29) is 11.5 Å². The number of rotatable bonds is 4. The molecule has 1 atom stereocenters. The molecule has 0 saturated carbocycles. The molecule has 25 heavy (non-hydrogen) atoms. The maximum atomic E-state index is 10.5. The van der Waals surface area contributed by atoms with Crippen LogP contribution in [-0.4, -0.2) is 35.3 Å². The molecule has 0 spiro atoms. The maximum absolute atomic E-state index is 10.5. The topological polar surface area (TPSA) is 52.9 Å². The van der Waals surface area contributed by atoms with E-state index < -0.39 is 0 Å². The Balaban J connectivity index is 1.88. The fourth-order valence-electron chi connectivity index (χ4n) is 4.14. The highest BCUT2D eigenvalue weighted by Crippen LogP contribution is 2.51. The minimum Gasteiger partial charge on any atom is -0.504 e. The average Bonchev–Trinajstić information content (AvgIpc) is 2.61. The van der Waals surface area contributed by atoms with E-state index in [1.807, 2.05) is 12.1 Å². The van der Waals surface area contributed by atoms with Crippen LogP contribution in [-0.2, 0) is 12.8 Å². The fourth-order valence-corrected chi connectivity index (χ4v) is 4.14. The van der Waals surface area contributed by atoms with Crippen LogP contribution in [0.3, 0.4) is 0 Å². The van der Waals surface area contributed by atoms with E-state index in [2.05, 4.69) is 24.9 Å². The molecule has 2 N–H and O–H groups in total. The highest BCUT2D eigenvalue weighted by molar-refractivity contribution is 5.83. The quantitative estimate of drug-likeness (QED) is 0.652. The lowest BCUT2D eigenvalue weighted by Gasteiger charge is -2.40. The first-order valence-electron chi connectivity index (χ1n) is 9.14. The largest absolute Gasteiger partial charge is 0.504 e. The van der Waals surface area contributed by atoms with Crippen molar-refractivity contribution in [1.82, 2.24) is 4.90 Å². The van der Waals surface area contributed by atoms with E-state index in [9.17, 15) is 10.2 Å². The maximum Gasteiger partial charge on any atom is 0.165 e. The Morgan fingerprint density at radius 1 is 1.20 bits per heavy atom. The second kappa shape index (κ2) is 6.26. The molecule has 1 aliphatic heterocycles. The number of nitrogens with zero attached hydrogens (tertiary/aromatic N) is 1. The molecule has 132 valence electrons. The van der Waals surface area contributed by atoms with Gasteiger partial charge in [0.25, 0.3) is 0 Å². The number of fused-ring (bicyclic) bond motifs is 2. The van der Waals surface area contributed by atoms with Gasteiger partial charge in [0, 0.05) is 18.2 Å². The molecule has 0 radical (unpaired) electrons. The van der Waals surface area contributed by atoms with Crippen molar-refractivity contribution in [2.45, 2.75) is 38.6 Å². The molecule has 2 aliphatic rings. The van der Waals surface area contributed by atoms with Gasteiger partial charge in [-0.2, -0.15) is 0 Å². The van der Waals surface area contributed by atoms with Crippen LogP contribution in [0.5, 0.6) is 17.2 Å². The Labute approximate surface area is 148 Å². The van der Waals surface area contributed by atoms with Crippen LogP contribution in [0.1, 0.15) is 42.5 Å². The molecule has 0 unspecified atom stereocenters. The predicted octanol–water partition coefficient (Wildman–Crippen LogP) is 4.03. The summed E-state index contributed by atoms with van der Waals surface area (Å²) in [5.74, 6) is 0.783. The molecule has 0 bridgehead atoms. The molecular weight excluding hydrogens is 314 g/mol. The summed E-state index contributed by atoms with van der Waals surface area (Å²) in [5.41, 5.74) is 5.45.